The molecule has 2 amide bonds. The van der Waals surface area contributed by atoms with E-state index in [0.29, 0.717) is 18.8 Å². The summed E-state index contributed by atoms with van der Waals surface area (Å²) in [5.41, 5.74) is 2.45. The minimum absolute atomic E-state index is 0.0358. The lowest BCUT2D eigenvalue weighted by Crippen LogP contribution is -2.39. The summed E-state index contributed by atoms with van der Waals surface area (Å²) in [5, 5.41) is 7.69. The number of anilines is 1. The molecule has 0 spiro atoms. The standard InChI is InChI=1S/C27H33FN4O2/c1-6-7-16-31(26(34)20-13-9-10-14-21(20)28)18-25(33)29-24-17-23(27(3,4)5)30-32(24)22-15-11-8-12-19(22)2/h8-15,17H,6-7,16,18H2,1-5H3,(H,29,33). The number of para-hydroxylation sites is 1. The fourth-order valence-corrected chi connectivity index (χ4v) is 3.58. The van der Waals surface area contributed by atoms with Crippen LogP contribution in [0.2, 0.25) is 0 Å². The van der Waals surface area contributed by atoms with Crippen LogP contribution in [-0.4, -0.2) is 39.6 Å². The molecule has 1 aromatic heterocycles. The van der Waals surface area contributed by atoms with Gasteiger partial charge in [-0.25, -0.2) is 9.07 Å². The van der Waals surface area contributed by atoms with E-state index in [1.807, 2.05) is 44.2 Å². The highest BCUT2D eigenvalue weighted by molar-refractivity contribution is 5.99. The van der Waals surface area contributed by atoms with Crippen LogP contribution >= 0.6 is 0 Å². The molecule has 34 heavy (non-hydrogen) atoms. The molecule has 0 atom stereocenters. The number of carbonyl (C=O) groups excluding carboxylic acids is 2. The van der Waals surface area contributed by atoms with Crippen molar-refractivity contribution >= 4 is 17.6 Å². The number of rotatable bonds is 8. The average molecular weight is 465 g/mol. The van der Waals surface area contributed by atoms with Crippen LogP contribution in [0.5, 0.6) is 0 Å². The predicted octanol–water partition coefficient (Wildman–Crippen LogP) is 5.50. The van der Waals surface area contributed by atoms with E-state index in [1.165, 1.54) is 23.1 Å². The Morgan fingerprint density at radius 2 is 1.76 bits per heavy atom. The number of hydrogen-bond donors (Lipinski definition) is 1. The first-order chi connectivity index (χ1) is 16.1. The number of aryl methyl sites for hydroxylation is 1. The Morgan fingerprint density at radius 3 is 2.41 bits per heavy atom. The van der Waals surface area contributed by atoms with Gasteiger partial charge < -0.3 is 10.2 Å². The number of nitrogens with one attached hydrogen (secondary N) is 1. The number of benzene rings is 2. The maximum absolute atomic E-state index is 14.2. The van der Waals surface area contributed by atoms with Gasteiger partial charge in [0, 0.05) is 18.0 Å². The molecule has 180 valence electrons. The third kappa shape index (κ3) is 5.90. The van der Waals surface area contributed by atoms with Crippen molar-refractivity contribution in [2.24, 2.45) is 0 Å². The fraction of sp³-hybridized carbons (Fsp3) is 0.370. The van der Waals surface area contributed by atoms with Crippen molar-refractivity contribution < 1.29 is 14.0 Å². The second-order valence-electron chi connectivity index (χ2n) is 9.47. The molecule has 0 bridgehead atoms. The van der Waals surface area contributed by atoms with Crippen LogP contribution in [0.3, 0.4) is 0 Å². The molecule has 0 saturated carbocycles. The summed E-state index contributed by atoms with van der Waals surface area (Å²) in [6.45, 7) is 10.3. The summed E-state index contributed by atoms with van der Waals surface area (Å²) in [7, 11) is 0. The SMILES string of the molecule is CCCCN(CC(=O)Nc1cc(C(C)(C)C)nn1-c1ccccc1C)C(=O)c1ccccc1F. The van der Waals surface area contributed by atoms with Gasteiger partial charge in [-0.3, -0.25) is 9.59 Å². The number of aromatic nitrogens is 2. The first kappa shape index (κ1) is 25.1. The molecule has 3 rings (SSSR count). The van der Waals surface area contributed by atoms with Gasteiger partial charge in [-0.05, 0) is 37.1 Å². The monoisotopic (exact) mass is 464 g/mol. The lowest BCUT2D eigenvalue weighted by molar-refractivity contribution is -0.117. The minimum atomic E-state index is -0.596. The highest BCUT2D eigenvalue weighted by atomic mass is 19.1. The van der Waals surface area contributed by atoms with Crippen LogP contribution in [0, 0.1) is 12.7 Å². The lowest BCUT2D eigenvalue weighted by atomic mass is 9.92. The zero-order valence-electron chi connectivity index (χ0n) is 20.6. The third-order valence-electron chi connectivity index (χ3n) is 5.60. The largest absolute Gasteiger partial charge is 0.329 e. The van der Waals surface area contributed by atoms with Crippen LogP contribution in [0.15, 0.2) is 54.6 Å². The molecule has 3 aromatic rings. The van der Waals surface area contributed by atoms with Crippen molar-refractivity contribution in [1.29, 1.82) is 0 Å². The number of unbranched alkanes of at least 4 members (excludes halogenated alkanes) is 1. The summed E-state index contributed by atoms with van der Waals surface area (Å²) in [6.07, 6.45) is 1.56. The lowest BCUT2D eigenvalue weighted by Gasteiger charge is -2.22. The van der Waals surface area contributed by atoms with E-state index >= 15 is 0 Å². The number of nitrogens with zero attached hydrogens (tertiary/aromatic N) is 3. The predicted molar refractivity (Wildman–Crippen MR) is 133 cm³/mol. The summed E-state index contributed by atoms with van der Waals surface area (Å²) in [5.74, 6) is -0.930. The van der Waals surface area contributed by atoms with E-state index in [9.17, 15) is 14.0 Å². The van der Waals surface area contributed by atoms with Crippen molar-refractivity contribution in [2.45, 2.75) is 52.9 Å². The minimum Gasteiger partial charge on any atom is -0.329 e. The van der Waals surface area contributed by atoms with Crippen LogP contribution in [0.4, 0.5) is 10.2 Å². The summed E-state index contributed by atoms with van der Waals surface area (Å²) in [4.78, 5) is 27.5. The quantitative estimate of drug-likeness (QED) is 0.479. The van der Waals surface area contributed by atoms with E-state index in [2.05, 4.69) is 26.1 Å². The van der Waals surface area contributed by atoms with E-state index in [4.69, 9.17) is 5.10 Å². The molecule has 0 aliphatic heterocycles. The van der Waals surface area contributed by atoms with Crippen LogP contribution in [-0.2, 0) is 10.2 Å². The van der Waals surface area contributed by atoms with Gasteiger partial charge in [-0.15, -0.1) is 0 Å². The first-order valence-corrected chi connectivity index (χ1v) is 11.6. The Kier molecular flexibility index (Phi) is 7.87. The van der Waals surface area contributed by atoms with Crippen molar-refractivity contribution in [3.05, 3.63) is 77.2 Å². The Balaban J connectivity index is 1.88. The number of carbonyl (C=O) groups is 2. The van der Waals surface area contributed by atoms with Gasteiger partial charge >= 0.3 is 0 Å². The van der Waals surface area contributed by atoms with Crippen LogP contribution in [0.1, 0.15) is 62.2 Å². The van der Waals surface area contributed by atoms with Gasteiger partial charge in [-0.2, -0.15) is 5.10 Å². The van der Waals surface area contributed by atoms with Crippen molar-refractivity contribution in [2.75, 3.05) is 18.4 Å². The number of hydrogen-bond acceptors (Lipinski definition) is 3. The van der Waals surface area contributed by atoms with Gasteiger partial charge in [0.05, 0.1) is 16.9 Å². The highest BCUT2D eigenvalue weighted by Crippen LogP contribution is 2.27. The highest BCUT2D eigenvalue weighted by Gasteiger charge is 2.24. The molecule has 0 unspecified atom stereocenters. The molecule has 0 aliphatic carbocycles. The van der Waals surface area contributed by atoms with Crippen molar-refractivity contribution in [3.8, 4) is 5.69 Å². The topological polar surface area (TPSA) is 67.2 Å². The maximum Gasteiger partial charge on any atom is 0.257 e. The summed E-state index contributed by atoms with van der Waals surface area (Å²) < 4.78 is 16.0. The molecule has 0 fully saturated rings. The average Bonchev–Trinajstić information content (AvgIpc) is 3.20. The van der Waals surface area contributed by atoms with Crippen molar-refractivity contribution in [1.82, 2.24) is 14.7 Å². The molecule has 6 nitrogen and oxygen atoms in total. The molecule has 1 N–H and O–H groups in total. The second-order valence-corrected chi connectivity index (χ2v) is 9.47. The summed E-state index contributed by atoms with van der Waals surface area (Å²) in [6, 6.07) is 15.5. The molecule has 2 aromatic carbocycles. The smallest absolute Gasteiger partial charge is 0.257 e. The maximum atomic E-state index is 14.2. The summed E-state index contributed by atoms with van der Waals surface area (Å²) >= 11 is 0. The number of halogens is 1. The molecule has 0 radical (unpaired) electrons. The van der Waals surface area contributed by atoms with Crippen LogP contribution in [0.25, 0.3) is 5.69 Å². The van der Waals surface area contributed by atoms with Gasteiger partial charge in [0.2, 0.25) is 5.91 Å². The molecular weight excluding hydrogens is 431 g/mol. The third-order valence-corrected chi connectivity index (χ3v) is 5.60. The normalized spacial score (nSPS) is 11.4. The Labute approximate surface area is 200 Å². The molecule has 0 saturated heterocycles. The zero-order valence-corrected chi connectivity index (χ0v) is 20.6. The second kappa shape index (κ2) is 10.6. The van der Waals surface area contributed by atoms with Gasteiger partial charge in [0.15, 0.2) is 0 Å². The van der Waals surface area contributed by atoms with E-state index in [0.717, 1.165) is 23.4 Å². The Bertz CT molecular complexity index is 1160. The van der Waals surface area contributed by atoms with Gasteiger partial charge in [-0.1, -0.05) is 64.4 Å². The van der Waals surface area contributed by atoms with E-state index in [1.54, 1.807) is 10.7 Å². The van der Waals surface area contributed by atoms with Crippen LogP contribution < -0.4 is 5.32 Å². The van der Waals surface area contributed by atoms with Gasteiger partial charge in [0.25, 0.3) is 5.91 Å². The van der Waals surface area contributed by atoms with E-state index < -0.39 is 11.7 Å². The molecule has 0 aliphatic rings. The fourth-order valence-electron chi connectivity index (χ4n) is 3.58. The molecule has 1 heterocycles. The zero-order chi connectivity index (χ0) is 24.9. The van der Waals surface area contributed by atoms with Gasteiger partial charge in [0.1, 0.15) is 18.2 Å². The Hall–Kier alpha value is -3.48. The van der Waals surface area contributed by atoms with Crippen molar-refractivity contribution in [3.63, 3.8) is 0 Å². The number of amides is 2. The Morgan fingerprint density at radius 1 is 1.09 bits per heavy atom. The molecule has 7 heteroatoms. The first-order valence-electron chi connectivity index (χ1n) is 11.6. The molecular formula is C27H33FN4O2. The van der Waals surface area contributed by atoms with E-state index in [-0.39, 0.29) is 23.4 Å².